The quantitative estimate of drug-likeness (QED) is 0.721. The van der Waals surface area contributed by atoms with Gasteiger partial charge in [-0.3, -0.25) is 9.79 Å². The van der Waals surface area contributed by atoms with Gasteiger partial charge in [0.1, 0.15) is 5.84 Å². The van der Waals surface area contributed by atoms with Gasteiger partial charge in [-0.15, -0.1) is 0 Å². The van der Waals surface area contributed by atoms with E-state index in [0.717, 1.165) is 24.4 Å². The van der Waals surface area contributed by atoms with Gasteiger partial charge in [-0.1, -0.05) is 6.92 Å². The third kappa shape index (κ3) is 3.73. The van der Waals surface area contributed by atoms with Crippen LogP contribution in [-0.4, -0.2) is 30.9 Å². The standard InChI is InChI=1S/C11H19N3O/c1-4-5-12-11(15)9-6-10(13-7-9)14-8(2)3/h6,8H,4-5,7H2,1-3H3,(H,12,15)(H,13,14). The van der Waals surface area contributed by atoms with E-state index in [2.05, 4.69) is 15.6 Å². The number of amides is 1. The van der Waals surface area contributed by atoms with Crippen LogP contribution >= 0.6 is 0 Å². The Morgan fingerprint density at radius 2 is 2.33 bits per heavy atom. The van der Waals surface area contributed by atoms with Crippen molar-refractivity contribution in [1.29, 1.82) is 0 Å². The molecule has 15 heavy (non-hydrogen) atoms. The predicted molar refractivity (Wildman–Crippen MR) is 62.0 cm³/mol. The van der Waals surface area contributed by atoms with Crippen molar-refractivity contribution >= 4 is 11.7 Å². The number of nitrogens with zero attached hydrogens (tertiary/aromatic N) is 1. The highest BCUT2D eigenvalue weighted by molar-refractivity contribution is 6.06. The van der Waals surface area contributed by atoms with Gasteiger partial charge in [0.05, 0.1) is 6.54 Å². The molecular weight excluding hydrogens is 190 g/mol. The third-order valence-corrected chi connectivity index (χ3v) is 1.99. The van der Waals surface area contributed by atoms with Gasteiger partial charge in [-0.05, 0) is 26.3 Å². The maximum Gasteiger partial charge on any atom is 0.249 e. The van der Waals surface area contributed by atoms with Gasteiger partial charge < -0.3 is 10.6 Å². The van der Waals surface area contributed by atoms with Crippen molar-refractivity contribution in [1.82, 2.24) is 10.6 Å². The number of aliphatic imine (C=N–C) groups is 1. The van der Waals surface area contributed by atoms with Crippen molar-refractivity contribution in [3.63, 3.8) is 0 Å². The van der Waals surface area contributed by atoms with Crippen LogP contribution in [0.15, 0.2) is 16.6 Å². The molecule has 0 aromatic heterocycles. The van der Waals surface area contributed by atoms with Crippen LogP contribution in [-0.2, 0) is 4.79 Å². The summed E-state index contributed by atoms with van der Waals surface area (Å²) in [6.07, 6.45) is 2.78. The number of amidine groups is 1. The first kappa shape index (κ1) is 11.8. The summed E-state index contributed by atoms with van der Waals surface area (Å²) in [7, 11) is 0. The normalized spacial score (nSPS) is 14.9. The van der Waals surface area contributed by atoms with Crippen LogP contribution < -0.4 is 10.6 Å². The van der Waals surface area contributed by atoms with Gasteiger partial charge in [-0.2, -0.15) is 0 Å². The van der Waals surface area contributed by atoms with Crippen LogP contribution in [0.2, 0.25) is 0 Å². The smallest absolute Gasteiger partial charge is 0.249 e. The second kappa shape index (κ2) is 5.53. The molecule has 84 valence electrons. The molecule has 0 unspecified atom stereocenters. The van der Waals surface area contributed by atoms with Gasteiger partial charge in [0.2, 0.25) is 5.91 Å². The lowest BCUT2D eigenvalue weighted by Gasteiger charge is -2.06. The summed E-state index contributed by atoms with van der Waals surface area (Å²) in [6, 6.07) is 0.345. The Kier molecular flexibility index (Phi) is 4.34. The number of rotatable bonds is 4. The fourth-order valence-electron chi connectivity index (χ4n) is 1.30. The number of hydrogen-bond acceptors (Lipinski definition) is 3. The molecule has 0 radical (unpaired) electrons. The van der Waals surface area contributed by atoms with Crippen LogP contribution in [0.1, 0.15) is 27.2 Å². The van der Waals surface area contributed by atoms with Crippen molar-refractivity contribution in [2.24, 2.45) is 4.99 Å². The van der Waals surface area contributed by atoms with Crippen LogP contribution in [0.25, 0.3) is 0 Å². The van der Waals surface area contributed by atoms with Crippen molar-refractivity contribution in [2.45, 2.75) is 33.2 Å². The Hall–Kier alpha value is -1.32. The fourth-order valence-corrected chi connectivity index (χ4v) is 1.30. The highest BCUT2D eigenvalue weighted by Gasteiger charge is 2.14. The van der Waals surface area contributed by atoms with E-state index < -0.39 is 0 Å². The van der Waals surface area contributed by atoms with Crippen LogP contribution in [0.4, 0.5) is 0 Å². The number of carbonyl (C=O) groups excluding carboxylic acids is 1. The monoisotopic (exact) mass is 209 g/mol. The lowest BCUT2D eigenvalue weighted by Crippen LogP contribution is -2.28. The average Bonchev–Trinajstić information content (AvgIpc) is 2.61. The van der Waals surface area contributed by atoms with E-state index in [-0.39, 0.29) is 5.91 Å². The zero-order valence-electron chi connectivity index (χ0n) is 9.63. The Bertz CT molecular complexity index is 292. The predicted octanol–water partition coefficient (Wildman–Crippen LogP) is 0.849. The zero-order valence-corrected chi connectivity index (χ0v) is 9.63. The summed E-state index contributed by atoms with van der Waals surface area (Å²) >= 11 is 0. The first-order chi connectivity index (χ1) is 7.13. The maximum atomic E-state index is 11.6. The lowest BCUT2D eigenvalue weighted by atomic mass is 10.2. The molecule has 0 spiro atoms. The minimum absolute atomic E-state index is 0.00107. The molecule has 0 atom stereocenters. The van der Waals surface area contributed by atoms with E-state index in [9.17, 15) is 4.79 Å². The van der Waals surface area contributed by atoms with E-state index in [0.29, 0.717) is 12.6 Å². The summed E-state index contributed by atoms with van der Waals surface area (Å²) < 4.78 is 0. The third-order valence-electron chi connectivity index (χ3n) is 1.99. The van der Waals surface area contributed by atoms with Gasteiger partial charge >= 0.3 is 0 Å². The second-order valence-corrected chi connectivity index (χ2v) is 3.93. The molecule has 1 rings (SSSR count). The molecule has 4 heteroatoms. The molecule has 0 fully saturated rings. The average molecular weight is 209 g/mol. The molecule has 0 aromatic rings. The van der Waals surface area contributed by atoms with Gasteiger partial charge in [0.25, 0.3) is 0 Å². The Morgan fingerprint density at radius 3 is 2.93 bits per heavy atom. The minimum atomic E-state index is 0.00107. The number of hydrogen-bond donors (Lipinski definition) is 2. The highest BCUT2D eigenvalue weighted by Crippen LogP contribution is 2.04. The van der Waals surface area contributed by atoms with E-state index in [1.54, 1.807) is 0 Å². The second-order valence-electron chi connectivity index (χ2n) is 3.93. The molecule has 0 saturated carbocycles. The molecule has 1 aliphatic heterocycles. The molecule has 0 bridgehead atoms. The van der Waals surface area contributed by atoms with E-state index in [1.807, 2.05) is 26.8 Å². The van der Waals surface area contributed by atoms with Crippen LogP contribution in [0.5, 0.6) is 0 Å². The van der Waals surface area contributed by atoms with Crippen molar-refractivity contribution < 1.29 is 4.79 Å². The first-order valence-electron chi connectivity index (χ1n) is 5.43. The van der Waals surface area contributed by atoms with Crippen molar-refractivity contribution in [3.05, 3.63) is 11.6 Å². The van der Waals surface area contributed by atoms with Crippen molar-refractivity contribution in [2.75, 3.05) is 13.1 Å². The molecule has 2 N–H and O–H groups in total. The van der Waals surface area contributed by atoms with E-state index in [4.69, 9.17) is 0 Å². The number of nitrogens with one attached hydrogen (secondary N) is 2. The minimum Gasteiger partial charge on any atom is -0.368 e. The molecule has 1 amide bonds. The number of carbonyl (C=O) groups is 1. The summed E-state index contributed by atoms with van der Waals surface area (Å²) in [6.45, 7) is 7.34. The Labute approximate surface area is 90.8 Å². The topological polar surface area (TPSA) is 53.5 Å². The van der Waals surface area contributed by atoms with E-state index >= 15 is 0 Å². The molecule has 0 aliphatic carbocycles. The van der Waals surface area contributed by atoms with Gasteiger partial charge in [0.15, 0.2) is 0 Å². The van der Waals surface area contributed by atoms with Crippen molar-refractivity contribution in [3.8, 4) is 0 Å². The van der Waals surface area contributed by atoms with E-state index in [1.165, 1.54) is 0 Å². The maximum absolute atomic E-state index is 11.6. The van der Waals surface area contributed by atoms with Gasteiger partial charge in [0, 0.05) is 18.2 Å². The highest BCUT2D eigenvalue weighted by atomic mass is 16.1. The Balaban J connectivity index is 2.44. The SMILES string of the molecule is CCCNC(=O)C1=CC(NC(C)C)=NC1. The summed E-state index contributed by atoms with van der Waals surface area (Å²) in [5, 5.41) is 6.02. The molecule has 0 aromatic carbocycles. The van der Waals surface area contributed by atoms with Crippen LogP contribution in [0, 0.1) is 0 Å². The first-order valence-corrected chi connectivity index (χ1v) is 5.43. The fraction of sp³-hybridized carbons (Fsp3) is 0.636. The molecule has 0 saturated heterocycles. The molecular formula is C11H19N3O. The molecule has 1 aliphatic rings. The summed E-state index contributed by atoms with van der Waals surface area (Å²) in [4.78, 5) is 15.8. The zero-order chi connectivity index (χ0) is 11.3. The summed E-state index contributed by atoms with van der Waals surface area (Å²) in [5.74, 6) is 0.813. The lowest BCUT2D eigenvalue weighted by molar-refractivity contribution is -0.117. The molecule has 1 heterocycles. The Morgan fingerprint density at radius 1 is 1.60 bits per heavy atom. The van der Waals surface area contributed by atoms with Crippen LogP contribution in [0.3, 0.4) is 0 Å². The van der Waals surface area contributed by atoms with Gasteiger partial charge in [-0.25, -0.2) is 0 Å². The largest absolute Gasteiger partial charge is 0.368 e. The summed E-state index contributed by atoms with van der Waals surface area (Å²) in [5.41, 5.74) is 0.742. The molecule has 4 nitrogen and oxygen atoms in total.